The Morgan fingerprint density at radius 3 is 2.58 bits per heavy atom. The van der Waals surface area contributed by atoms with Gasteiger partial charge in [-0.05, 0) is 24.6 Å². The van der Waals surface area contributed by atoms with Gasteiger partial charge in [-0.25, -0.2) is 8.78 Å². The lowest BCUT2D eigenvalue weighted by molar-refractivity contribution is -0.137. The number of carbonyl (C=O) groups excluding carboxylic acids is 1. The van der Waals surface area contributed by atoms with E-state index in [1.54, 1.807) is 18.2 Å². The third-order valence-corrected chi connectivity index (χ3v) is 2.62. The second kappa shape index (κ2) is 5.90. The summed E-state index contributed by atoms with van der Waals surface area (Å²) in [7, 11) is 0. The fourth-order valence-electron chi connectivity index (χ4n) is 1.41. The van der Waals surface area contributed by atoms with Crippen LogP contribution in [0.5, 0.6) is 0 Å². The number of nitrogens with two attached hydrogens (primary N) is 1. The monoisotopic (exact) mass is 278 g/mol. The van der Waals surface area contributed by atoms with Crippen LogP contribution in [0, 0.1) is 0 Å². The summed E-state index contributed by atoms with van der Waals surface area (Å²) in [6.07, 6.45) is -3.81. The number of benzene rings is 1. The second-order valence-corrected chi connectivity index (χ2v) is 4.17. The number of nitrogens with one attached hydrogen (secondary N) is 1. The van der Waals surface area contributed by atoms with Gasteiger partial charge in [0.25, 0.3) is 0 Å². The molecule has 19 heavy (non-hydrogen) atoms. The average molecular weight is 278 g/mol. The van der Waals surface area contributed by atoms with E-state index in [0.29, 0.717) is 11.3 Å². The number of hydrogen-bond acceptors (Lipinski definition) is 2. The van der Waals surface area contributed by atoms with E-state index in [4.69, 9.17) is 5.73 Å². The Hall–Kier alpha value is -1.79. The van der Waals surface area contributed by atoms with Gasteiger partial charge in [0.05, 0.1) is 12.5 Å². The first-order valence-corrected chi connectivity index (χ1v) is 5.53. The molecule has 0 saturated carbocycles. The summed E-state index contributed by atoms with van der Waals surface area (Å²) in [5.41, 5.74) is 6.48. The number of amides is 1. The van der Waals surface area contributed by atoms with E-state index in [0.717, 1.165) is 0 Å². The van der Waals surface area contributed by atoms with Crippen LogP contribution in [0.15, 0.2) is 24.3 Å². The maximum Gasteiger partial charge on any atom is 0.324 e. The molecule has 0 fully saturated rings. The summed E-state index contributed by atoms with van der Waals surface area (Å²) >= 11 is 0. The Morgan fingerprint density at radius 2 is 2.05 bits per heavy atom. The van der Waals surface area contributed by atoms with E-state index >= 15 is 0 Å². The number of hydrogen-bond donors (Lipinski definition) is 2. The van der Waals surface area contributed by atoms with Crippen molar-refractivity contribution in [1.82, 2.24) is 5.32 Å². The minimum atomic E-state index is -4.23. The third-order valence-electron chi connectivity index (χ3n) is 2.62. The third kappa shape index (κ3) is 4.11. The maximum atomic E-state index is 12.7. The second-order valence-electron chi connectivity index (χ2n) is 4.17. The number of halogens is 4. The van der Waals surface area contributed by atoms with Gasteiger partial charge in [-0.1, -0.05) is 12.1 Å². The van der Waals surface area contributed by atoms with E-state index in [1.807, 2.05) is 5.32 Å². The van der Waals surface area contributed by atoms with Gasteiger partial charge in [0.1, 0.15) is 0 Å². The predicted octanol–water partition coefficient (Wildman–Crippen LogP) is 2.39. The van der Waals surface area contributed by atoms with Crippen molar-refractivity contribution < 1.29 is 22.4 Å². The highest BCUT2D eigenvalue weighted by molar-refractivity contribution is 5.83. The van der Waals surface area contributed by atoms with Crippen molar-refractivity contribution in [2.45, 2.75) is 25.2 Å². The first kappa shape index (κ1) is 15.3. The lowest BCUT2D eigenvalue weighted by Crippen LogP contribution is -2.42. The van der Waals surface area contributed by atoms with Gasteiger partial charge in [0.2, 0.25) is 5.91 Å². The molecule has 0 saturated heterocycles. The Labute approximate surface area is 107 Å². The highest BCUT2D eigenvalue weighted by Crippen LogP contribution is 2.22. The molecule has 0 radical (unpaired) electrons. The Bertz CT molecular complexity index is 451. The Kier molecular flexibility index (Phi) is 4.74. The summed E-state index contributed by atoms with van der Waals surface area (Å²) in [6.45, 7) is 0.0841. The molecule has 0 aliphatic carbocycles. The van der Waals surface area contributed by atoms with Crippen molar-refractivity contribution in [2.75, 3.05) is 12.3 Å². The average Bonchev–Trinajstić information content (AvgIpc) is 2.35. The van der Waals surface area contributed by atoms with E-state index in [2.05, 4.69) is 0 Å². The van der Waals surface area contributed by atoms with E-state index in [9.17, 15) is 22.4 Å². The SMILES string of the molecule is CC(C(=O)NCC(F)(F)C(F)F)c1cccc(N)c1. The predicted molar refractivity (Wildman–Crippen MR) is 63.2 cm³/mol. The van der Waals surface area contributed by atoms with Crippen molar-refractivity contribution >= 4 is 11.6 Å². The quantitative estimate of drug-likeness (QED) is 0.642. The van der Waals surface area contributed by atoms with Crippen LogP contribution in [0.1, 0.15) is 18.4 Å². The van der Waals surface area contributed by atoms with Gasteiger partial charge >= 0.3 is 12.3 Å². The molecule has 106 valence electrons. The summed E-state index contributed by atoms with van der Waals surface area (Å²) in [4.78, 5) is 11.6. The standard InChI is InChI=1S/C12H14F4N2O/c1-7(8-3-2-4-9(17)5-8)10(19)18-6-12(15,16)11(13)14/h2-5,7,11H,6,17H2,1H3,(H,18,19). The number of rotatable bonds is 5. The Morgan fingerprint density at radius 1 is 1.42 bits per heavy atom. The molecule has 1 aromatic carbocycles. The molecule has 1 unspecified atom stereocenters. The van der Waals surface area contributed by atoms with Crippen LogP contribution in [-0.2, 0) is 4.79 Å². The molecule has 0 aromatic heterocycles. The molecule has 3 nitrogen and oxygen atoms in total. The lowest BCUT2D eigenvalue weighted by atomic mass is 10.00. The van der Waals surface area contributed by atoms with Gasteiger partial charge in [-0.2, -0.15) is 8.78 Å². The summed E-state index contributed by atoms with van der Waals surface area (Å²) in [6, 6.07) is 6.35. The smallest absolute Gasteiger partial charge is 0.324 e. The van der Waals surface area contributed by atoms with Gasteiger partial charge in [-0.3, -0.25) is 4.79 Å². The van der Waals surface area contributed by atoms with Crippen LogP contribution in [-0.4, -0.2) is 24.8 Å². The molecule has 0 aliphatic heterocycles. The maximum absolute atomic E-state index is 12.7. The van der Waals surface area contributed by atoms with Crippen LogP contribution in [0.2, 0.25) is 0 Å². The number of alkyl halides is 4. The molecule has 0 bridgehead atoms. The fourth-order valence-corrected chi connectivity index (χ4v) is 1.41. The zero-order chi connectivity index (χ0) is 14.6. The Balaban J connectivity index is 2.64. The van der Waals surface area contributed by atoms with Crippen LogP contribution < -0.4 is 11.1 Å². The number of carbonyl (C=O) groups is 1. The number of anilines is 1. The van der Waals surface area contributed by atoms with Crippen LogP contribution in [0.25, 0.3) is 0 Å². The molecule has 1 atom stereocenters. The molecule has 0 spiro atoms. The zero-order valence-corrected chi connectivity index (χ0v) is 10.2. The molecule has 1 rings (SSSR count). The van der Waals surface area contributed by atoms with Gasteiger partial charge in [0.15, 0.2) is 0 Å². The molecule has 7 heteroatoms. The van der Waals surface area contributed by atoms with Crippen molar-refractivity contribution in [3.05, 3.63) is 29.8 Å². The van der Waals surface area contributed by atoms with Crippen LogP contribution in [0.3, 0.4) is 0 Å². The van der Waals surface area contributed by atoms with E-state index in [1.165, 1.54) is 13.0 Å². The molecule has 0 aliphatic rings. The molecule has 1 aromatic rings. The summed E-state index contributed by atoms with van der Waals surface area (Å²) in [5.74, 6) is -5.74. The number of nitrogen functional groups attached to an aromatic ring is 1. The van der Waals surface area contributed by atoms with Gasteiger partial charge in [-0.15, -0.1) is 0 Å². The highest BCUT2D eigenvalue weighted by atomic mass is 19.3. The van der Waals surface area contributed by atoms with E-state index in [-0.39, 0.29) is 0 Å². The van der Waals surface area contributed by atoms with Crippen LogP contribution in [0.4, 0.5) is 23.2 Å². The fraction of sp³-hybridized carbons (Fsp3) is 0.417. The molecular formula is C12H14F4N2O. The lowest BCUT2D eigenvalue weighted by Gasteiger charge is -2.18. The zero-order valence-electron chi connectivity index (χ0n) is 10.2. The minimum absolute atomic E-state index is 0.426. The molecular weight excluding hydrogens is 264 g/mol. The topological polar surface area (TPSA) is 55.1 Å². The molecule has 3 N–H and O–H groups in total. The van der Waals surface area contributed by atoms with Crippen LogP contribution >= 0.6 is 0 Å². The van der Waals surface area contributed by atoms with Crippen molar-refractivity contribution in [3.63, 3.8) is 0 Å². The van der Waals surface area contributed by atoms with Crippen molar-refractivity contribution in [3.8, 4) is 0 Å². The normalized spacial score (nSPS) is 13.4. The van der Waals surface area contributed by atoms with Gasteiger partial charge in [0, 0.05) is 5.69 Å². The molecule has 1 amide bonds. The first-order chi connectivity index (χ1) is 8.74. The summed E-state index contributed by atoms with van der Waals surface area (Å²) in [5, 5.41) is 1.81. The van der Waals surface area contributed by atoms with Crippen molar-refractivity contribution in [1.29, 1.82) is 0 Å². The summed E-state index contributed by atoms with van der Waals surface area (Å²) < 4.78 is 49.1. The van der Waals surface area contributed by atoms with Gasteiger partial charge < -0.3 is 11.1 Å². The van der Waals surface area contributed by atoms with Crippen molar-refractivity contribution in [2.24, 2.45) is 0 Å². The highest BCUT2D eigenvalue weighted by Gasteiger charge is 2.41. The van der Waals surface area contributed by atoms with E-state index < -0.39 is 30.7 Å². The largest absolute Gasteiger partial charge is 0.399 e. The molecule has 0 heterocycles. The minimum Gasteiger partial charge on any atom is -0.399 e. The first-order valence-electron chi connectivity index (χ1n) is 5.53.